The fraction of sp³-hybridized carbons (Fsp3) is 0.400. The first-order valence-electron chi connectivity index (χ1n) is 2.42. The Kier molecular flexibility index (Phi) is 3.27. The van der Waals surface area contributed by atoms with Crippen molar-refractivity contribution >= 4 is 5.97 Å². The summed E-state index contributed by atoms with van der Waals surface area (Å²) >= 11 is 0. The monoisotopic (exact) mass is 132 g/mol. The molecule has 0 aromatic rings. The molecule has 0 atom stereocenters. The van der Waals surface area contributed by atoms with E-state index >= 15 is 0 Å². The Labute approximate surface area is 52.4 Å². The van der Waals surface area contributed by atoms with Crippen LogP contribution in [0, 0.1) is 0 Å². The second kappa shape index (κ2) is 3.77. The molecule has 0 saturated carbocycles. The van der Waals surface area contributed by atoms with Gasteiger partial charge < -0.3 is 14.9 Å². The molecule has 2 N–H and O–H groups in total. The van der Waals surface area contributed by atoms with Crippen molar-refractivity contribution in [1.82, 2.24) is 0 Å². The van der Waals surface area contributed by atoms with Crippen LogP contribution in [-0.2, 0) is 9.53 Å². The van der Waals surface area contributed by atoms with Crippen LogP contribution in [0.5, 0.6) is 0 Å². The molecule has 4 heteroatoms. The van der Waals surface area contributed by atoms with Gasteiger partial charge in [0.15, 0.2) is 0 Å². The van der Waals surface area contributed by atoms with Gasteiger partial charge in [-0.15, -0.1) is 0 Å². The summed E-state index contributed by atoms with van der Waals surface area (Å²) in [5.74, 6) is -1.70. The number of carboxylic acids is 1. The molecule has 0 unspecified atom stereocenters. The Balaban J connectivity index is 3.85. The summed E-state index contributed by atoms with van der Waals surface area (Å²) in [6, 6.07) is 0. The second-order valence-corrected chi connectivity index (χ2v) is 1.23. The van der Waals surface area contributed by atoms with E-state index in [1.165, 1.54) is 0 Å². The van der Waals surface area contributed by atoms with E-state index in [2.05, 4.69) is 4.74 Å². The van der Waals surface area contributed by atoms with Crippen molar-refractivity contribution in [2.45, 2.75) is 6.92 Å². The highest BCUT2D eigenvalue weighted by Crippen LogP contribution is 1.93. The standard InChI is InChI=1S/C5H8O4/c1-2-9-4(3-6)5(7)8/h3,6H,2H2,1H3,(H,7,8). The maximum atomic E-state index is 9.97. The molecular formula is C5H8O4. The van der Waals surface area contributed by atoms with E-state index in [0.29, 0.717) is 6.26 Å². The normalized spacial score (nSPS) is 11.0. The molecule has 0 saturated heterocycles. The summed E-state index contributed by atoms with van der Waals surface area (Å²) < 4.78 is 4.46. The number of hydrogen-bond donors (Lipinski definition) is 2. The molecule has 0 radical (unpaired) electrons. The molecular weight excluding hydrogens is 124 g/mol. The summed E-state index contributed by atoms with van der Waals surface area (Å²) in [6.07, 6.45) is 0.422. The Morgan fingerprint density at radius 1 is 1.78 bits per heavy atom. The van der Waals surface area contributed by atoms with Crippen LogP contribution in [-0.4, -0.2) is 22.8 Å². The Bertz CT molecular complexity index is 127. The summed E-state index contributed by atoms with van der Waals surface area (Å²) in [4.78, 5) is 9.97. The Morgan fingerprint density at radius 2 is 2.33 bits per heavy atom. The molecule has 0 aromatic heterocycles. The van der Waals surface area contributed by atoms with Crippen molar-refractivity contribution < 1.29 is 19.7 Å². The predicted molar refractivity (Wildman–Crippen MR) is 30.0 cm³/mol. The number of ether oxygens (including phenoxy) is 1. The van der Waals surface area contributed by atoms with Crippen LogP contribution in [0.4, 0.5) is 0 Å². The van der Waals surface area contributed by atoms with Crippen molar-refractivity contribution in [3.63, 3.8) is 0 Å². The minimum Gasteiger partial charge on any atom is -0.511 e. The van der Waals surface area contributed by atoms with Crippen molar-refractivity contribution in [2.75, 3.05) is 6.61 Å². The van der Waals surface area contributed by atoms with E-state index in [-0.39, 0.29) is 6.61 Å². The van der Waals surface area contributed by atoms with Crippen LogP contribution in [0.15, 0.2) is 12.0 Å². The SMILES string of the molecule is CCOC(=CO)C(=O)O. The molecule has 0 rings (SSSR count). The van der Waals surface area contributed by atoms with Crippen LogP contribution in [0.1, 0.15) is 6.92 Å². The highest BCUT2D eigenvalue weighted by molar-refractivity contribution is 5.83. The van der Waals surface area contributed by atoms with Gasteiger partial charge >= 0.3 is 5.97 Å². The van der Waals surface area contributed by atoms with E-state index in [9.17, 15) is 4.79 Å². The van der Waals surface area contributed by atoms with E-state index in [0.717, 1.165) is 0 Å². The van der Waals surface area contributed by atoms with Crippen LogP contribution >= 0.6 is 0 Å². The predicted octanol–water partition coefficient (Wildman–Crippen LogP) is 0.507. The summed E-state index contributed by atoms with van der Waals surface area (Å²) in [7, 11) is 0. The van der Waals surface area contributed by atoms with Gasteiger partial charge in [0.2, 0.25) is 5.76 Å². The summed E-state index contributed by atoms with van der Waals surface area (Å²) in [5, 5.41) is 16.3. The van der Waals surface area contributed by atoms with Gasteiger partial charge in [-0.2, -0.15) is 0 Å². The topological polar surface area (TPSA) is 66.8 Å². The first-order chi connectivity index (χ1) is 4.22. The van der Waals surface area contributed by atoms with E-state index < -0.39 is 11.7 Å². The second-order valence-electron chi connectivity index (χ2n) is 1.23. The molecule has 0 bridgehead atoms. The number of rotatable bonds is 3. The Morgan fingerprint density at radius 3 is 2.44 bits per heavy atom. The lowest BCUT2D eigenvalue weighted by Crippen LogP contribution is -2.04. The van der Waals surface area contributed by atoms with Gasteiger partial charge in [-0.05, 0) is 6.92 Å². The molecule has 4 nitrogen and oxygen atoms in total. The third kappa shape index (κ3) is 2.58. The minimum atomic E-state index is -1.26. The number of carbonyl (C=O) groups is 1. The minimum absolute atomic E-state index is 0.235. The van der Waals surface area contributed by atoms with Gasteiger partial charge in [0.1, 0.15) is 6.26 Å². The summed E-state index contributed by atoms with van der Waals surface area (Å²) in [6.45, 7) is 1.87. The van der Waals surface area contributed by atoms with E-state index in [1.54, 1.807) is 6.92 Å². The molecule has 9 heavy (non-hydrogen) atoms. The zero-order valence-corrected chi connectivity index (χ0v) is 5.00. The first kappa shape index (κ1) is 7.81. The number of aliphatic hydroxyl groups excluding tert-OH is 1. The molecule has 0 aliphatic rings. The lowest BCUT2D eigenvalue weighted by atomic mass is 10.5. The van der Waals surface area contributed by atoms with Crippen LogP contribution in [0.25, 0.3) is 0 Å². The molecule has 0 aromatic carbocycles. The third-order valence-corrected chi connectivity index (χ3v) is 0.628. The van der Waals surface area contributed by atoms with Crippen molar-refractivity contribution in [3.05, 3.63) is 12.0 Å². The molecule has 0 fully saturated rings. The maximum absolute atomic E-state index is 9.97. The third-order valence-electron chi connectivity index (χ3n) is 0.628. The first-order valence-corrected chi connectivity index (χ1v) is 2.42. The average Bonchev–Trinajstić information content (AvgIpc) is 1.82. The van der Waals surface area contributed by atoms with Gasteiger partial charge in [-0.1, -0.05) is 0 Å². The molecule has 52 valence electrons. The number of carboxylic acid groups (broad SMARTS) is 1. The largest absolute Gasteiger partial charge is 0.511 e. The molecule has 0 aliphatic heterocycles. The smallest absolute Gasteiger partial charge is 0.374 e. The highest BCUT2D eigenvalue weighted by Gasteiger charge is 2.05. The summed E-state index contributed by atoms with van der Waals surface area (Å²) in [5.41, 5.74) is 0. The zero-order valence-electron chi connectivity index (χ0n) is 5.00. The number of aliphatic hydroxyl groups is 1. The molecule has 0 spiro atoms. The lowest BCUT2D eigenvalue weighted by molar-refractivity contribution is -0.136. The lowest BCUT2D eigenvalue weighted by Gasteiger charge is -1.98. The quantitative estimate of drug-likeness (QED) is 0.433. The van der Waals surface area contributed by atoms with Gasteiger partial charge in [0.05, 0.1) is 6.61 Å². The van der Waals surface area contributed by atoms with Crippen molar-refractivity contribution in [2.24, 2.45) is 0 Å². The van der Waals surface area contributed by atoms with Crippen molar-refractivity contribution in [1.29, 1.82) is 0 Å². The van der Waals surface area contributed by atoms with Crippen LogP contribution in [0.3, 0.4) is 0 Å². The molecule has 0 aliphatic carbocycles. The van der Waals surface area contributed by atoms with Gasteiger partial charge in [0, 0.05) is 0 Å². The van der Waals surface area contributed by atoms with Crippen LogP contribution < -0.4 is 0 Å². The molecule has 0 heterocycles. The Hall–Kier alpha value is -1.19. The maximum Gasteiger partial charge on any atom is 0.374 e. The number of hydrogen-bond acceptors (Lipinski definition) is 3. The fourth-order valence-corrected chi connectivity index (χ4v) is 0.310. The van der Waals surface area contributed by atoms with Gasteiger partial charge in [-0.3, -0.25) is 0 Å². The fourth-order valence-electron chi connectivity index (χ4n) is 0.310. The van der Waals surface area contributed by atoms with Gasteiger partial charge in [0.25, 0.3) is 0 Å². The highest BCUT2D eigenvalue weighted by atomic mass is 16.5. The number of aliphatic carboxylic acids is 1. The average molecular weight is 132 g/mol. The zero-order chi connectivity index (χ0) is 7.28. The van der Waals surface area contributed by atoms with E-state index in [4.69, 9.17) is 10.2 Å². The molecule has 0 amide bonds. The van der Waals surface area contributed by atoms with E-state index in [1.807, 2.05) is 0 Å². The van der Waals surface area contributed by atoms with Crippen molar-refractivity contribution in [3.8, 4) is 0 Å². The van der Waals surface area contributed by atoms with Crippen LogP contribution in [0.2, 0.25) is 0 Å². The van der Waals surface area contributed by atoms with Gasteiger partial charge in [-0.25, -0.2) is 4.79 Å².